The highest BCUT2D eigenvalue weighted by atomic mass is 31.2. The molecule has 0 saturated heterocycles. The van der Waals surface area contributed by atoms with E-state index in [4.69, 9.17) is 18.5 Å². The quantitative estimate of drug-likeness (QED) is 0.250. The summed E-state index contributed by atoms with van der Waals surface area (Å²) in [5, 5.41) is 2.18. The van der Waals surface area contributed by atoms with Crippen molar-refractivity contribution < 1.29 is 27.9 Å². The van der Waals surface area contributed by atoms with Crippen molar-refractivity contribution in [2.24, 2.45) is 0 Å². The lowest BCUT2D eigenvalue weighted by atomic mass is 9.89. The summed E-state index contributed by atoms with van der Waals surface area (Å²) in [5.41, 5.74) is 1.14. The molecule has 7 heteroatoms. The summed E-state index contributed by atoms with van der Waals surface area (Å²) in [5.74, 6) is -0.339. The van der Waals surface area contributed by atoms with Crippen molar-refractivity contribution in [3.8, 4) is 0 Å². The molecule has 0 spiro atoms. The third-order valence-corrected chi connectivity index (χ3v) is 6.94. The highest BCUT2D eigenvalue weighted by Crippen LogP contribution is 2.61. The minimum absolute atomic E-state index is 0.0969. The summed E-state index contributed by atoms with van der Waals surface area (Å²) in [6.07, 6.45) is 2.83. The van der Waals surface area contributed by atoms with Crippen LogP contribution >= 0.6 is 7.60 Å². The third kappa shape index (κ3) is 5.89. The number of benzene rings is 2. The molecule has 172 valence electrons. The Bertz CT molecular complexity index is 1050. The van der Waals surface area contributed by atoms with Crippen LogP contribution in [0.3, 0.4) is 0 Å². The molecule has 2 aromatic carbocycles. The van der Waals surface area contributed by atoms with Crippen LogP contribution in [-0.4, -0.2) is 24.8 Å². The van der Waals surface area contributed by atoms with Crippen LogP contribution in [0, 0.1) is 0 Å². The first kappa shape index (κ1) is 24.2. The second-order valence-corrected chi connectivity index (χ2v) is 10.0. The maximum Gasteiger partial charge on any atom is 0.396 e. The smallest absolute Gasteiger partial charge is 0.396 e. The Morgan fingerprint density at radius 3 is 2.41 bits per heavy atom. The summed E-state index contributed by atoms with van der Waals surface area (Å²) in [4.78, 5) is 12.1. The van der Waals surface area contributed by atoms with Crippen molar-refractivity contribution in [3.63, 3.8) is 0 Å². The van der Waals surface area contributed by atoms with Gasteiger partial charge in [-0.2, -0.15) is 0 Å². The van der Waals surface area contributed by atoms with E-state index in [2.05, 4.69) is 6.07 Å². The predicted molar refractivity (Wildman–Crippen MR) is 125 cm³/mol. The first-order valence-electron chi connectivity index (χ1n) is 10.9. The molecule has 0 fully saturated rings. The SMILES string of the molecule is CCOC(=O)/C=C1\CC(c2cccc3ccccc23)C=C(P(=O)(OC(C)C)OC(C)C)O1. The van der Waals surface area contributed by atoms with Crippen LogP contribution in [0.25, 0.3) is 10.8 Å². The lowest BCUT2D eigenvalue weighted by molar-refractivity contribution is -0.137. The second kappa shape index (κ2) is 10.5. The first-order chi connectivity index (χ1) is 15.2. The van der Waals surface area contributed by atoms with Crippen LogP contribution in [-0.2, 0) is 27.9 Å². The molecule has 0 saturated carbocycles. The number of hydrogen-bond donors (Lipinski definition) is 0. The van der Waals surface area contributed by atoms with E-state index >= 15 is 0 Å². The van der Waals surface area contributed by atoms with Crippen molar-refractivity contribution in [1.82, 2.24) is 0 Å². The Balaban J connectivity index is 2.12. The van der Waals surface area contributed by atoms with Crippen LogP contribution < -0.4 is 0 Å². The van der Waals surface area contributed by atoms with E-state index < -0.39 is 13.6 Å². The summed E-state index contributed by atoms with van der Waals surface area (Å²) in [7, 11) is -3.78. The molecule has 0 radical (unpaired) electrons. The molecule has 0 aliphatic carbocycles. The van der Waals surface area contributed by atoms with Gasteiger partial charge in [-0.3, -0.25) is 4.57 Å². The molecule has 3 rings (SSSR count). The van der Waals surface area contributed by atoms with Gasteiger partial charge in [-0.25, -0.2) is 4.79 Å². The monoisotopic (exact) mass is 458 g/mol. The number of esters is 1. The fourth-order valence-electron chi connectivity index (χ4n) is 3.67. The summed E-state index contributed by atoms with van der Waals surface area (Å²) < 4.78 is 36.3. The summed E-state index contributed by atoms with van der Waals surface area (Å²) in [6.45, 7) is 9.15. The van der Waals surface area contributed by atoms with Crippen LogP contribution in [0.1, 0.15) is 52.5 Å². The molecule has 0 N–H and O–H groups in total. The molecular formula is C25H31O6P. The van der Waals surface area contributed by atoms with Crippen LogP contribution in [0.2, 0.25) is 0 Å². The van der Waals surface area contributed by atoms with Crippen LogP contribution in [0.5, 0.6) is 0 Å². The van der Waals surface area contributed by atoms with Gasteiger partial charge in [0.25, 0.3) is 0 Å². The van der Waals surface area contributed by atoms with E-state index in [9.17, 15) is 9.36 Å². The highest BCUT2D eigenvalue weighted by molar-refractivity contribution is 7.58. The van der Waals surface area contributed by atoms with Crippen molar-refractivity contribution in [2.45, 2.75) is 59.2 Å². The number of ether oxygens (including phenoxy) is 2. The van der Waals surface area contributed by atoms with Gasteiger partial charge in [0, 0.05) is 12.3 Å². The fourth-order valence-corrected chi connectivity index (χ4v) is 5.63. The van der Waals surface area contributed by atoms with Gasteiger partial charge in [0.2, 0.25) is 5.50 Å². The molecule has 1 unspecified atom stereocenters. The number of hydrogen-bond acceptors (Lipinski definition) is 6. The molecule has 1 aliphatic heterocycles. The number of fused-ring (bicyclic) bond motifs is 1. The zero-order valence-corrected chi connectivity index (χ0v) is 20.1. The van der Waals surface area contributed by atoms with Gasteiger partial charge in [-0.1, -0.05) is 42.5 Å². The maximum absolute atomic E-state index is 13.8. The molecule has 0 amide bonds. The van der Waals surface area contributed by atoms with Gasteiger partial charge in [0.05, 0.1) is 24.9 Å². The van der Waals surface area contributed by atoms with Crippen molar-refractivity contribution in [3.05, 3.63) is 71.4 Å². The van der Waals surface area contributed by atoms with Crippen LogP contribution in [0.15, 0.2) is 65.9 Å². The molecule has 32 heavy (non-hydrogen) atoms. The topological polar surface area (TPSA) is 71.1 Å². The van der Waals surface area contributed by atoms with Crippen LogP contribution in [0.4, 0.5) is 0 Å². The number of allylic oxidation sites excluding steroid dienone is 2. The van der Waals surface area contributed by atoms with E-state index in [0.29, 0.717) is 12.2 Å². The van der Waals surface area contributed by atoms with Crippen molar-refractivity contribution >= 4 is 24.3 Å². The Morgan fingerprint density at radius 2 is 1.75 bits per heavy atom. The third-order valence-electron chi connectivity index (χ3n) is 4.76. The maximum atomic E-state index is 13.8. The van der Waals surface area contributed by atoms with E-state index in [0.717, 1.165) is 16.3 Å². The zero-order chi connectivity index (χ0) is 23.3. The molecule has 0 bridgehead atoms. The number of rotatable bonds is 8. The Hall–Kier alpha value is -2.40. The minimum Gasteiger partial charge on any atom is -0.463 e. The molecular weight excluding hydrogens is 427 g/mol. The molecule has 0 aromatic heterocycles. The van der Waals surface area contributed by atoms with Gasteiger partial charge >= 0.3 is 13.6 Å². The zero-order valence-electron chi connectivity index (χ0n) is 19.2. The van der Waals surface area contributed by atoms with E-state index in [1.54, 1.807) is 40.7 Å². The normalized spacial score (nSPS) is 18.2. The number of carbonyl (C=O) groups excluding carboxylic acids is 1. The number of carbonyl (C=O) groups is 1. The minimum atomic E-state index is -3.78. The van der Waals surface area contributed by atoms with Gasteiger partial charge in [0.1, 0.15) is 5.76 Å². The molecule has 1 atom stereocenters. The Morgan fingerprint density at radius 1 is 1.09 bits per heavy atom. The molecule has 6 nitrogen and oxygen atoms in total. The molecule has 2 aromatic rings. The van der Waals surface area contributed by atoms with Gasteiger partial charge in [0.15, 0.2) is 0 Å². The molecule has 1 aliphatic rings. The van der Waals surface area contributed by atoms with Gasteiger partial charge in [-0.05, 0) is 57.0 Å². The van der Waals surface area contributed by atoms with Gasteiger partial charge in [-0.15, -0.1) is 0 Å². The average Bonchev–Trinajstić information content (AvgIpc) is 2.72. The Kier molecular flexibility index (Phi) is 7.94. The van der Waals surface area contributed by atoms with E-state index in [1.165, 1.54) is 6.08 Å². The van der Waals surface area contributed by atoms with Crippen molar-refractivity contribution in [2.75, 3.05) is 6.61 Å². The fraction of sp³-hybridized carbons (Fsp3) is 0.400. The highest BCUT2D eigenvalue weighted by Gasteiger charge is 2.39. The van der Waals surface area contributed by atoms with E-state index in [1.807, 2.05) is 36.4 Å². The predicted octanol–water partition coefficient (Wildman–Crippen LogP) is 6.68. The average molecular weight is 458 g/mol. The van der Waals surface area contributed by atoms with E-state index in [-0.39, 0.29) is 30.2 Å². The standard InChI is InChI=1S/C25H31O6P/c1-6-28-24(26)16-21-14-20(23-13-9-11-19-10-7-8-12-22(19)23)15-25(29-21)32(27,30-17(2)3)31-18(4)5/h7-13,15-18,20H,6,14H2,1-5H3/b21-16+. The largest absolute Gasteiger partial charge is 0.463 e. The summed E-state index contributed by atoms with van der Waals surface area (Å²) >= 11 is 0. The van der Waals surface area contributed by atoms with Gasteiger partial charge < -0.3 is 18.5 Å². The Labute approximate surface area is 189 Å². The molecule has 1 heterocycles. The van der Waals surface area contributed by atoms with Crippen molar-refractivity contribution in [1.29, 1.82) is 0 Å². The second-order valence-electron chi connectivity index (χ2n) is 8.15. The lowest BCUT2D eigenvalue weighted by Gasteiger charge is -2.30. The summed E-state index contributed by atoms with van der Waals surface area (Å²) in [6, 6.07) is 14.2. The lowest BCUT2D eigenvalue weighted by Crippen LogP contribution is -2.16. The first-order valence-corrected chi connectivity index (χ1v) is 12.5.